The monoisotopic (exact) mass is 2250 g/mol. The Kier molecular flexibility index (Phi) is 45.9. The zero-order valence-corrected chi connectivity index (χ0v) is 90.3. The number of nitrogens with one attached hydrogen (secondary N) is 1. The number of sulfone groups is 2. The number of benzene rings is 7. The minimum Gasteiger partial charge on any atom is -0.813 e. The first kappa shape index (κ1) is 119. The molecule has 0 aliphatic heterocycles. The fraction of sp³-hybridized carbons (Fsp3) is 0.235. The Morgan fingerprint density at radius 3 is 1.01 bits per heavy atom. The van der Waals surface area contributed by atoms with E-state index in [-0.39, 0.29) is 147 Å². The third-order valence-corrected chi connectivity index (χ3v) is 25.5. The van der Waals surface area contributed by atoms with Crippen LogP contribution in [0.25, 0.3) is 45.0 Å². The van der Waals surface area contributed by atoms with Crippen LogP contribution in [-0.4, -0.2) is 171 Å². The Morgan fingerprint density at radius 1 is 0.373 bits per heavy atom. The number of aromatic amines is 1. The molecule has 0 amide bonds. The maximum atomic E-state index is 13.7. The first-order chi connectivity index (χ1) is 71.2. The van der Waals surface area contributed by atoms with Crippen LogP contribution in [0.4, 0.5) is 39.5 Å². The standard InChI is InChI=1S/C27H25F2N3O6S.C27H25F2N3O5S.C20H19F2N3O5S.C19H17F2N3O3S.C8H9BrO.CH3F.Na.H2S/c1-36-20-6-4-5-18(11-20)16-39(34,35)27-30-21(13-22(31-27)26(28)29)19-8-10-25(33)32(15-19)14-17-7-9-23(37-2)24(12-17)38-3;1-35-20-6-4-5-18(11-20)16-38(34)27-30-21(13-22(31-27)26(28)29)19-8-10-25(33)32(15-19)14-17-7-9-23(36-2)24(12-17)37-3;1-29-16-6-4-12(8-17(16)30-2)10-25-11-13(5-7-18(25)26)14-9-15(19(21)22)24-20(23-14)31(3,27)28;1-26-15-5-3-11(7-16(15)27-2)9-24-10-12(4-6-17(24)25)13-8-14(18(20)21)23-19(28)22-13;1-10-8-4-2-3-7(5-8)6-9;1-2;;/h4-13,15,26H,14,16H2,1-3H3;4-13,15,26H,14,16H2,1-3H3;4-9,11,19H,10H2,1-3H3;3-8,10,18H,9H2,1-2H3,(H,22,23,28);2-5H,6H2,1H3;1H3;;1H2/q;;;;;;+1;/p-1/i;;;;;1D;;. The van der Waals surface area contributed by atoms with Crippen molar-refractivity contribution in [1.82, 2.24) is 58.1 Å². The van der Waals surface area contributed by atoms with Gasteiger partial charge in [-0.1, -0.05) is 76.6 Å². The van der Waals surface area contributed by atoms with E-state index in [1.54, 1.807) is 123 Å². The summed E-state index contributed by atoms with van der Waals surface area (Å²) in [5.41, 5.74) is 3.46. The maximum absolute atomic E-state index is 13.7. The van der Waals surface area contributed by atoms with Crippen LogP contribution in [-0.2, 0) is 87.0 Å². The number of pyridine rings is 4. The molecule has 0 fully saturated rings. The number of nitrogens with zero attached hydrogens (tertiary/aromatic N) is 11. The van der Waals surface area contributed by atoms with Gasteiger partial charge in [0.1, 0.15) is 34.3 Å². The Morgan fingerprint density at radius 2 is 0.680 bits per heavy atom. The van der Waals surface area contributed by atoms with E-state index in [1.807, 2.05) is 24.3 Å². The van der Waals surface area contributed by atoms with Crippen molar-refractivity contribution in [3.05, 3.63) is 351 Å². The van der Waals surface area contributed by atoms with Crippen LogP contribution in [0, 0.1) is 4.77 Å². The summed E-state index contributed by atoms with van der Waals surface area (Å²) in [6, 6.07) is 57.6. The second-order valence-corrected chi connectivity index (χ2v) is 37.2. The topological polar surface area (TPSA) is 381 Å². The predicted molar refractivity (Wildman–Crippen MR) is 550 cm³/mol. The Bertz CT molecular complexity index is 7770. The van der Waals surface area contributed by atoms with Gasteiger partial charge in [0.15, 0.2) is 50.8 Å². The number of rotatable bonds is 35. The number of H-pyrrole nitrogens is 1. The molecule has 32 nitrogen and oxygen atoms in total. The number of ether oxygens (including phenoxy) is 11. The predicted octanol–water partition coefficient (Wildman–Crippen LogP) is 15.5. The van der Waals surface area contributed by atoms with Crippen molar-refractivity contribution in [3.63, 3.8) is 0 Å². The molecule has 15 rings (SSSR count). The summed E-state index contributed by atoms with van der Waals surface area (Å²) in [6.45, 7) is 0.725. The molecule has 15 aromatic rings. The SMILES string of the molecule is COc1ccc(Cn2cc(-c3cc(C(F)F)[nH]c(=S)n3)ccc2=O)cc1OC.COc1ccc(Cn2cc(-c3cc(C(F)F)nc(S(C)(=O)=O)n3)ccc2=O)cc1OC.COc1cccc(CBr)c1.COc1cccc(CS(=O)(=O)c2nc(-c3ccc(=O)n(Cc4ccc(OC)c(OC)c4)c3)cc(C(F)F)n2)c1.COc1cccc(CS(=O)c2nc(-c3ccc(=O)n(Cc4ccc(OC)c(OC)c4)c3)cc(C(F)F)n2)c1.[2H]CF.[Na+].[SH-]. The number of hydrogen-bond acceptors (Lipinski definition) is 29. The van der Waals surface area contributed by atoms with Gasteiger partial charge in [0.2, 0.25) is 35.1 Å². The van der Waals surface area contributed by atoms with E-state index in [2.05, 4.69) is 61.9 Å². The number of alkyl halides is 10. The minimum absolute atomic E-state index is 0. The van der Waals surface area contributed by atoms with Crippen LogP contribution in [0.2, 0.25) is 0 Å². The fourth-order valence-corrected chi connectivity index (χ4v) is 17.3. The van der Waals surface area contributed by atoms with Crippen LogP contribution in [0.5, 0.6) is 63.2 Å². The van der Waals surface area contributed by atoms with Gasteiger partial charge >= 0.3 is 29.6 Å². The third-order valence-electron chi connectivity index (χ3n) is 21.2. The van der Waals surface area contributed by atoms with Gasteiger partial charge in [-0.25, -0.2) is 86.8 Å². The molecule has 0 aliphatic rings. The van der Waals surface area contributed by atoms with Crippen molar-refractivity contribution < 1.29 is 144 Å². The summed E-state index contributed by atoms with van der Waals surface area (Å²) in [5, 5.41) is -0.795. The quantitative estimate of drug-likeness (QED) is 0.00733. The fourth-order valence-electron chi connectivity index (χ4n) is 14.0. The van der Waals surface area contributed by atoms with Crippen molar-refractivity contribution in [3.8, 4) is 108 Å². The summed E-state index contributed by atoms with van der Waals surface area (Å²) in [7, 11) is 5.79. The minimum atomic E-state index is -4.21. The molecule has 1 atom stereocenters. The first-order valence-electron chi connectivity index (χ1n) is 44.2. The number of methoxy groups -OCH3 is 11. The van der Waals surface area contributed by atoms with Crippen LogP contribution >= 0.6 is 28.1 Å². The average Bonchev–Trinajstić information content (AvgIpc) is 0.787. The maximum Gasteiger partial charge on any atom is 1.00 e. The van der Waals surface area contributed by atoms with Crippen LogP contribution in [0.15, 0.2) is 278 Å². The molecule has 0 saturated carbocycles. The second-order valence-electron chi connectivity index (χ2n) is 31.1. The molecule has 0 saturated heterocycles. The number of thiol groups is 1. The van der Waals surface area contributed by atoms with Crippen molar-refractivity contribution in [2.24, 2.45) is 0 Å². The number of hydrogen-bond donors (Lipinski definition) is 1. The van der Waals surface area contributed by atoms with Crippen LogP contribution in [0.1, 0.15) is 88.8 Å². The number of halogens is 10. The summed E-state index contributed by atoms with van der Waals surface area (Å²) in [5.74, 6) is 5.63. The molecule has 0 spiro atoms. The smallest absolute Gasteiger partial charge is 0.813 e. The molecule has 8 heterocycles. The summed E-state index contributed by atoms with van der Waals surface area (Å²) in [4.78, 5) is 79.5. The average molecular weight is 2250 g/mol. The van der Waals surface area contributed by atoms with Gasteiger partial charge in [0, 0.05) is 82.9 Å². The van der Waals surface area contributed by atoms with E-state index in [9.17, 15) is 79.7 Å². The Hall–Kier alpha value is -14.1. The molecule has 0 bridgehead atoms. The van der Waals surface area contributed by atoms with Gasteiger partial charge in [0.25, 0.3) is 47.9 Å². The first-order valence-corrected chi connectivity index (χ1v) is 49.8. The van der Waals surface area contributed by atoms with Gasteiger partial charge in [-0.2, -0.15) is 0 Å². The van der Waals surface area contributed by atoms with E-state index in [1.165, 1.54) is 174 Å². The zero-order valence-electron chi connectivity index (χ0n) is 83.5. The van der Waals surface area contributed by atoms with Gasteiger partial charge in [-0.3, -0.25) is 27.8 Å². The molecule has 0 aliphatic carbocycles. The number of aromatic nitrogens is 12. The summed E-state index contributed by atoms with van der Waals surface area (Å²) >= 11 is 8.29. The van der Waals surface area contributed by atoms with E-state index in [0.29, 0.717) is 85.3 Å². The molecule has 788 valence electrons. The van der Waals surface area contributed by atoms with E-state index < -0.39 is 96.5 Å². The van der Waals surface area contributed by atoms with Crippen molar-refractivity contribution in [2.45, 2.75) is 84.2 Å². The van der Waals surface area contributed by atoms with E-state index in [4.69, 9.17) is 65.7 Å². The van der Waals surface area contributed by atoms with Crippen molar-refractivity contribution >= 4 is 72.1 Å². The van der Waals surface area contributed by atoms with Gasteiger partial charge < -0.3 is 88.9 Å². The summed E-state index contributed by atoms with van der Waals surface area (Å²) in [6.07, 6.45) is -4.88. The van der Waals surface area contributed by atoms with Crippen molar-refractivity contribution in [2.75, 3.05) is 91.6 Å². The Labute approximate surface area is 902 Å². The molecule has 150 heavy (non-hydrogen) atoms. The molecule has 8 aromatic heterocycles. The van der Waals surface area contributed by atoms with Gasteiger partial charge in [-0.15, -0.1) is 0 Å². The summed E-state index contributed by atoms with van der Waals surface area (Å²) < 4.78 is 249. The largest absolute Gasteiger partial charge is 1.00 e. The molecule has 1 unspecified atom stereocenters. The second kappa shape index (κ2) is 57.6. The van der Waals surface area contributed by atoms with Gasteiger partial charge in [0.05, 0.1) is 164 Å². The molecule has 7 aromatic carbocycles. The van der Waals surface area contributed by atoms with Crippen LogP contribution < -0.4 is 104 Å². The normalized spacial score (nSPS) is 11.1. The third kappa shape index (κ3) is 33.7. The van der Waals surface area contributed by atoms with Crippen molar-refractivity contribution in [1.29, 1.82) is 0 Å². The van der Waals surface area contributed by atoms with E-state index in [0.717, 1.165) is 52.2 Å². The van der Waals surface area contributed by atoms with E-state index >= 15 is 0 Å². The van der Waals surface area contributed by atoms with Gasteiger partial charge in [-0.05, 0) is 185 Å². The molecule has 48 heteroatoms. The Balaban J connectivity index is 0.000000235. The van der Waals surface area contributed by atoms with Crippen LogP contribution in [0.3, 0.4) is 0 Å². The molecular weight excluding hydrogens is 2150 g/mol. The zero-order chi connectivity index (χ0) is 109. The molecule has 1 N–H and O–H groups in total. The molecular formula is C102H99BrF9N12NaO20S5. The molecule has 0 radical (unpaired) electrons.